The number of rotatable bonds is 4. The SMILES string of the molecule is CC(=O)N(CC(=O)Nc1ccc(Cl)cc1)c1ccc2c(c1)OCCO2. The summed E-state index contributed by atoms with van der Waals surface area (Å²) in [5.41, 5.74) is 1.18. The zero-order valence-corrected chi connectivity index (χ0v) is 14.4. The molecule has 2 aromatic rings. The lowest BCUT2D eigenvalue weighted by molar-refractivity contribution is -0.120. The van der Waals surface area contributed by atoms with Crippen LogP contribution < -0.4 is 19.7 Å². The summed E-state index contributed by atoms with van der Waals surface area (Å²) in [5.74, 6) is 0.632. The van der Waals surface area contributed by atoms with Gasteiger partial charge in [-0.2, -0.15) is 0 Å². The molecule has 0 radical (unpaired) electrons. The molecule has 130 valence electrons. The lowest BCUT2D eigenvalue weighted by Crippen LogP contribution is -2.36. The van der Waals surface area contributed by atoms with Gasteiger partial charge in [-0.3, -0.25) is 9.59 Å². The van der Waals surface area contributed by atoms with Crippen LogP contribution in [-0.2, 0) is 9.59 Å². The molecule has 0 spiro atoms. The molecule has 0 aliphatic carbocycles. The smallest absolute Gasteiger partial charge is 0.244 e. The number of fused-ring (bicyclic) bond motifs is 1. The van der Waals surface area contributed by atoms with Crippen LogP contribution in [0.15, 0.2) is 42.5 Å². The van der Waals surface area contributed by atoms with E-state index in [2.05, 4.69) is 5.32 Å². The molecule has 2 amide bonds. The summed E-state index contributed by atoms with van der Waals surface area (Å²) in [6, 6.07) is 11.9. The number of ether oxygens (including phenoxy) is 2. The Morgan fingerprint density at radius 3 is 2.44 bits per heavy atom. The third-order valence-corrected chi connectivity index (χ3v) is 3.90. The van der Waals surface area contributed by atoms with Gasteiger partial charge in [0.25, 0.3) is 0 Å². The van der Waals surface area contributed by atoms with Crippen LogP contribution >= 0.6 is 11.6 Å². The van der Waals surface area contributed by atoms with Crippen molar-refractivity contribution in [3.63, 3.8) is 0 Å². The number of anilines is 2. The van der Waals surface area contributed by atoms with E-state index in [0.717, 1.165) is 0 Å². The second-order valence-electron chi connectivity index (χ2n) is 5.49. The molecule has 7 heteroatoms. The van der Waals surface area contributed by atoms with Crippen molar-refractivity contribution in [3.05, 3.63) is 47.5 Å². The molecule has 1 N–H and O–H groups in total. The molecule has 6 nitrogen and oxygen atoms in total. The average molecular weight is 361 g/mol. The number of carbonyl (C=O) groups excluding carboxylic acids is 2. The second kappa shape index (κ2) is 7.44. The van der Waals surface area contributed by atoms with Crippen molar-refractivity contribution in [2.24, 2.45) is 0 Å². The summed E-state index contributed by atoms with van der Waals surface area (Å²) in [6.45, 7) is 2.24. The van der Waals surface area contributed by atoms with Crippen LogP contribution in [0.2, 0.25) is 5.02 Å². The Labute approximate surface area is 150 Å². The van der Waals surface area contributed by atoms with Crippen LogP contribution in [0, 0.1) is 0 Å². The standard InChI is InChI=1S/C18H17ClN2O4/c1-12(22)21(11-18(23)20-14-4-2-13(19)3-5-14)15-6-7-16-17(10-15)25-9-8-24-16/h2-7,10H,8-9,11H2,1H3,(H,20,23). The minimum absolute atomic E-state index is 0.113. The number of carbonyl (C=O) groups is 2. The molecule has 0 aromatic heterocycles. The average Bonchev–Trinajstić information content (AvgIpc) is 2.61. The molecule has 2 aromatic carbocycles. The van der Waals surface area contributed by atoms with E-state index >= 15 is 0 Å². The minimum atomic E-state index is -0.313. The molecule has 1 aliphatic heterocycles. The highest BCUT2D eigenvalue weighted by atomic mass is 35.5. The highest BCUT2D eigenvalue weighted by Gasteiger charge is 2.19. The van der Waals surface area contributed by atoms with E-state index in [4.69, 9.17) is 21.1 Å². The molecular formula is C18H17ClN2O4. The zero-order chi connectivity index (χ0) is 17.8. The van der Waals surface area contributed by atoms with Gasteiger partial charge in [-0.25, -0.2) is 0 Å². The Morgan fingerprint density at radius 1 is 1.08 bits per heavy atom. The maximum atomic E-state index is 12.3. The highest BCUT2D eigenvalue weighted by molar-refractivity contribution is 6.30. The molecule has 25 heavy (non-hydrogen) atoms. The molecule has 0 unspecified atom stereocenters. The van der Waals surface area contributed by atoms with Gasteiger partial charge < -0.3 is 19.7 Å². The summed E-state index contributed by atoms with van der Waals surface area (Å²) in [6.07, 6.45) is 0. The number of benzene rings is 2. The van der Waals surface area contributed by atoms with Crippen molar-refractivity contribution >= 4 is 34.8 Å². The topological polar surface area (TPSA) is 67.9 Å². The van der Waals surface area contributed by atoms with Crippen LogP contribution in [-0.4, -0.2) is 31.6 Å². The highest BCUT2D eigenvalue weighted by Crippen LogP contribution is 2.34. The molecule has 0 fully saturated rings. The summed E-state index contributed by atoms with van der Waals surface area (Å²) in [5, 5.41) is 3.32. The molecule has 3 rings (SSSR count). The predicted molar refractivity (Wildman–Crippen MR) is 95.5 cm³/mol. The summed E-state index contributed by atoms with van der Waals surface area (Å²) >= 11 is 5.82. The number of halogens is 1. The Kier molecular flexibility index (Phi) is 5.09. The van der Waals surface area contributed by atoms with Gasteiger partial charge in [-0.1, -0.05) is 11.6 Å². The van der Waals surface area contributed by atoms with Crippen molar-refractivity contribution in [2.45, 2.75) is 6.92 Å². The van der Waals surface area contributed by atoms with E-state index in [1.165, 1.54) is 11.8 Å². The number of nitrogens with zero attached hydrogens (tertiary/aromatic N) is 1. The normalized spacial score (nSPS) is 12.4. The lowest BCUT2D eigenvalue weighted by Gasteiger charge is -2.24. The third-order valence-electron chi connectivity index (χ3n) is 3.65. The molecule has 0 saturated carbocycles. The first-order chi connectivity index (χ1) is 12.0. The maximum Gasteiger partial charge on any atom is 0.244 e. The van der Waals surface area contributed by atoms with Gasteiger partial charge in [0.2, 0.25) is 11.8 Å². The van der Waals surface area contributed by atoms with Gasteiger partial charge in [0, 0.05) is 29.4 Å². The Balaban J connectivity index is 1.73. The van der Waals surface area contributed by atoms with Crippen molar-refractivity contribution in [1.29, 1.82) is 0 Å². The van der Waals surface area contributed by atoms with Crippen LogP contribution in [0.5, 0.6) is 11.5 Å². The fourth-order valence-corrected chi connectivity index (χ4v) is 2.59. The van der Waals surface area contributed by atoms with Crippen molar-refractivity contribution < 1.29 is 19.1 Å². The van der Waals surface area contributed by atoms with Gasteiger partial charge in [-0.15, -0.1) is 0 Å². The Hall–Kier alpha value is -2.73. The predicted octanol–water partition coefficient (Wildman–Crippen LogP) is 3.10. The Morgan fingerprint density at radius 2 is 1.76 bits per heavy atom. The largest absolute Gasteiger partial charge is 0.486 e. The van der Waals surface area contributed by atoms with Crippen LogP contribution in [0.3, 0.4) is 0 Å². The van der Waals surface area contributed by atoms with E-state index in [9.17, 15) is 9.59 Å². The second-order valence-corrected chi connectivity index (χ2v) is 5.92. The van der Waals surface area contributed by atoms with Gasteiger partial charge in [0.15, 0.2) is 11.5 Å². The molecule has 0 bridgehead atoms. The first-order valence-electron chi connectivity index (χ1n) is 7.76. The van der Waals surface area contributed by atoms with Gasteiger partial charge in [-0.05, 0) is 36.4 Å². The van der Waals surface area contributed by atoms with E-state index in [0.29, 0.717) is 41.1 Å². The van der Waals surface area contributed by atoms with E-state index in [1.54, 1.807) is 42.5 Å². The number of hydrogen-bond donors (Lipinski definition) is 1. The molecule has 1 heterocycles. The molecule has 1 aliphatic rings. The van der Waals surface area contributed by atoms with E-state index < -0.39 is 0 Å². The molecule has 0 saturated heterocycles. The number of amides is 2. The Bertz CT molecular complexity index is 792. The molecular weight excluding hydrogens is 344 g/mol. The quantitative estimate of drug-likeness (QED) is 0.909. The summed E-state index contributed by atoms with van der Waals surface area (Å²) in [7, 11) is 0. The van der Waals surface area contributed by atoms with Crippen molar-refractivity contribution in [2.75, 3.05) is 30.0 Å². The third kappa shape index (κ3) is 4.22. The van der Waals surface area contributed by atoms with Crippen LogP contribution in [0.1, 0.15) is 6.92 Å². The number of nitrogens with one attached hydrogen (secondary N) is 1. The van der Waals surface area contributed by atoms with E-state index in [-0.39, 0.29) is 18.4 Å². The number of hydrogen-bond acceptors (Lipinski definition) is 4. The monoisotopic (exact) mass is 360 g/mol. The van der Waals surface area contributed by atoms with Crippen molar-refractivity contribution in [3.8, 4) is 11.5 Å². The minimum Gasteiger partial charge on any atom is -0.486 e. The van der Waals surface area contributed by atoms with E-state index in [1.807, 2.05) is 0 Å². The van der Waals surface area contributed by atoms with Gasteiger partial charge >= 0.3 is 0 Å². The fraction of sp³-hybridized carbons (Fsp3) is 0.222. The first-order valence-corrected chi connectivity index (χ1v) is 8.14. The molecule has 0 atom stereocenters. The first kappa shape index (κ1) is 17.1. The van der Waals surface area contributed by atoms with Gasteiger partial charge in [0.05, 0.1) is 0 Å². The van der Waals surface area contributed by atoms with Crippen LogP contribution in [0.4, 0.5) is 11.4 Å². The maximum absolute atomic E-state index is 12.3. The van der Waals surface area contributed by atoms with Crippen molar-refractivity contribution in [1.82, 2.24) is 0 Å². The van der Waals surface area contributed by atoms with Gasteiger partial charge in [0.1, 0.15) is 19.8 Å². The zero-order valence-electron chi connectivity index (χ0n) is 13.6. The summed E-state index contributed by atoms with van der Waals surface area (Å²) < 4.78 is 11.0. The van der Waals surface area contributed by atoms with Crippen LogP contribution in [0.25, 0.3) is 0 Å². The fourth-order valence-electron chi connectivity index (χ4n) is 2.46. The summed E-state index contributed by atoms with van der Waals surface area (Å²) in [4.78, 5) is 25.7. The lowest BCUT2D eigenvalue weighted by atomic mass is 10.2.